The Balaban J connectivity index is 1.46. The molecule has 11 heteroatoms. The Morgan fingerprint density at radius 2 is 1.88 bits per heavy atom. The van der Waals surface area contributed by atoms with Crippen LogP contribution in [-0.4, -0.2) is 41.8 Å². The van der Waals surface area contributed by atoms with Crippen molar-refractivity contribution < 1.29 is 28.8 Å². The minimum absolute atomic E-state index is 0.0283. The maximum absolute atomic E-state index is 12.3. The van der Waals surface area contributed by atoms with E-state index in [0.717, 1.165) is 18.1 Å². The molecular formula is C22H22N4O7. The predicted octanol–water partition coefficient (Wildman–Crippen LogP) is 1.51. The van der Waals surface area contributed by atoms with Crippen molar-refractivity contribution in [2.45, 2.75) is 19.8 Å². The number of rotatable bonds is 7. The van der Waals surface area contributed by atoms with Crippen LogP contribution in [0.3, 0.4) is 0 Å². The molecule has 0 spiro atoms. The molecule has 3 rings (SSSR count). The summed E-state index contributed by atoms with van der Waals surface area (Å²) >= 11 is 0. The maximum atomic E-state index is 12.3. The van der Waals surface area contributed by atoms with Gasteiger partial charge < -0.3 is 9.64 Å². The third-order valence-electron chi connectivity index (χ3n) is 5.09. The van der Waals surface area contributed by atoms with Crippen LogP contribution in [-0.2, 0) is 25.5 Å². The van der Waals surface area contributed by atoms with Gasteiger partial charge in [-0.3, -0.25) is 40.1 Å². The van der Waals surface area contributed by atoms with Gasteiger partial charge in [-0.05, 0) is 30.2 Å². The zero-order valence-electron chi connectivity index (χ0n) is 17.8. The van der Waals surface area contributed by atoms with E-state index in [1.54, 1.807) is 0 Å². The van der Waals surface area contributed by atoms with Crippen molar-refractivity contribution in [3.63, 3.8) is 0 Å². The third-order valence-corrected chi connectivity index (χ3v) is 5.09. The summed E-state index contributed by atoms with van der Waals surface area (Å²) in [5.41, 5.74) is 5.67. The molecule has 1 fully saturated rings. The van der Waals surface area contributed by atoms with Gasteiger partial charge >= 0.3 is 5.97 Å². The van der Waals surface area contributed by atoms with E-state index in [1.165, 1.54) is 23.1 Å². The molecule has 0 aromatic heterocycles. The molecule has 3 amide bonds. The quantitative estimate of drug-likeness (QED) is 0.366. The summed E-state index contributed by atoms with van der Waals surface area (Å²) in [4.78, 5) is 60.2. The van der Waals surface area contributed by atoms with Crippen molar-refractivity contribution in [1.82, 2.24) is 10.9 Å². The van der Waals surface area contributed by atoms with Crippen LogP contribution in [0.1, 0.15) is 29.3 Å². The number of benzene rings is 2. The number of hydrogen-bond donors (Lipinski definition) is 2. The van der Waals surface area contributed by atoms with Gasteiger partial charge in [0.25, 0.3) is 17.5 Å². The van der Waals surface area contributed by atoms with Gasteiger partial charge in [0.1, 0.15) is 0 Å². The van der Waals surface area contributed by atoms with Crippen molar-refractivity contribution in [1.29, 1.82) is 0 Å². The van der Waals surface area contributed by atoms with Gasteiger partial charge in [-0.25, -0.2) is 0 Å². The van der Waals surface area contributed by atoms with E-state index in [0.29, 0.717) is 5.69 Å². The van der Waals surface area contributed by atoms with Crippen LogP contribution in [0.4, 0.5) is 11.4 Å². The fraction of sp³-hybridized carbons (Fsp3) is 0.273. The topological polar surface area (TPSA) is 148 Å². The number of hydrazine groups is 1. The molecule has 1 saturated heterocycles. The minimum atomic E-state index is -0.807. The summed E-state index contributed by atoms with van der Waals surface area (Å²) in [5, 5.41) is 10.8. The molecular weight excluding hydrogens is 432 g/mol. The first-order valence-electron chi connectivity index (χ1n) is 10.2. The monoisotopic (exact) mass is 454 g/mol. The predicted molar refractivity (Wildman–Crippen MR) is 116 cm³/mol. The van der Waals surface area contributed by atoms with Crippen LogP contribution >= 0.6 is 0 Å². The molecule has 2 N–H and O–H groups in total. The zero-order valence-corrected chi connectivity index (χ0v) is 17.8. The molecule has 0 saturated carbocycles. The molecule has 172 valence electrons. The number of nitro groups is 1. The number of nitrogens with zero attached hydrogens (tertiary/aromatic N) is 2. The number of carbonyl (C=O) groups excluding carboxylic acids is 4. The van der Waals surface area contributed by atoms with Crippen molar-refractivity contribution in [2.75, 3.05) is 18.1 Å². The molecule has 1 atom stereocenters. The number of non-ortho nitro benzene ring substituents is 1. The molecule has 1 aliphatic heterocycles. The highest BCUT2D eigenvalue weighted by Crippen LogP contribution is 2.26. The largest absolute Gasteiger partial charge is 0.455 e. The summed E-state index contributed by atoms with van der Waals surface area (Å²) in [5.74, 6) is -3.20. The van der Waals surface area contributed by atoms with E-state index in [9.17, 15) is 29.3 Å². The number of aryl methyl sites for hydroxylation is 1. The minimum Gasteiger partial charge on any atom is -0.455 e. The molecule has 1 heterocycles. The van der Waals surface area contributed by atoms with E-state index < -0.39 is 35.2 Å². The van der Waals surface area contributed by atoms with Gasteiger partial charge in [-0.2, -0.15) is 0 Å². The van der Waals surface area contributed by atoms with E-state index in [1.807, 2.05) is 31.2 Å². The number of carbonyl (C=O) groups is 4. The second-order valence-corrected chi connectivity index (χ2v) is 7.34. The first kappa shape index (κ1) is 23.4. The van der Waals surface area contributed by atoms with Crippen LogP contribution in [0.15, 0.2) is 48.5 Å². The number of anilines is 1. The Bertz CT molecular complexity index is 1080. The van der Waals surface area contributed by atoms with Gasteiger partial charge in [-0.15, -0.1) is 0 Å². The third kappa shape index (κ3) is 5.91. The van der Waals surface area contributed by atoms with Gasteiger partial charge in [0.2, 0.25) is 5.91 Å². The van der Waals surface area contributed by atoms with Crippen LogP contribution < -0.4 is 15.8 Å². The fourth-order valence-corrected chi connectivity index (χ4v) is 3.28. The molecule has 0 aliphatic carbocycles. The van der Waals surface area contributed by atoms with Crippen molar-refractivity contribution in [2.24, 2.45) is 5.92 Å². The lowest BCUT2D eigenvalue weighted by molar-refractivity contribution is -0.384. The molecule has 0 radical (unpaired) electrons. The average Bonchev–Trinajstić information content (AvgIpc) is 3.22. The van der Waals surface area contributed by atoms with E-state index >= 15 is 0 Å². The highest BCUT2D eigenvalue weighted by molar-refractivity contribution is 6.00. The molecule has 2 aromatic carbocycles. The number of ether oxygens (including phenoxy) is 1. The highest BCUT2D eigenvalue weighted by Gasteiger charge is 2.36. The highest BCUT2D eigenvalue weighted by atomic mass is 16.6. The summed E-state index contributed by atoms with van der Waals surface area (Å²) in [6, 6.07) is 12.4. The second kappa shape index (κ2) is 10.4. The molecule has 1 aliphatic rings. The standard InChI is InChI=1S/C22H22N4O7/c1-2-14-6-8-17(9-7-14)25-12-16(11-20(25)28)22(30)33-13-19(27)23-24-21(29)15-4-3-5-18(10-15)26(31)32/h3-10,16H,2,11-13H2,1H3,(H,23,27)(H,24,29). The smallest absolute Gasteiger partial charge is 0.311 e. The summed E-state index contributed by atoms with van der Waals surface area (Å²) in [7, 11) is 0. The molecule has 33 heavy (non-hydrogen) atoms. The van der Waals surface area contributed by atoms with Crippen LogP contribution in [0, 0.1) is 16.0 Å². The Hall–Kier alpha value is -4.28. The van der Waals surface area contributed by atoms with Gasteiger partial charge in [-0.1, -0.05) is 25.1 Å². The van der Waals surface area contributed by atoms with Gasteiger partial charge in [0.05, 0.1) is 10.8 Å². The van der Waals surface area contributed by atoms with Gasteiger partial charge in [0.15, 0.2) is 6.61 Å². The lowest BCUT2D eigenvalue weighted by atomic mass is 10.1. The normalized spacial score (nSPS) is 15.1. The number of amides is 3. The van der Waals surface area contributed by atoms with Gasteiger partial charge in [0, 0.05) is 36.3 Å². The lowest BCUT2D eigenvalue weighted by Crippen LogP contribution is -2.43. The Kier molecular flexibility index (Phi) is 7.34. The van der Waals surface area contributed by atoms with Crippen LogP contribution in [0.2, 0.25) is 0 Å². The SMILES string of the molecule is CCc1ccc(N2CC(C(=O)OCC(=O)NNC(=O)c3cccc([N+](=O)[O-])c3)CC2=O)cc1. The maximum Gasteiger partial charge on any atom is 0.311 e. The molecule has 2 aromatic rings. The molecule has 0 bridgehead atoms. The van der Waals surface area contributed by atoms with E-state index in [-0.39, 0.29) is 30.1 Å². The number of nitro benzene ring substituents is 1. The Labute approximate surface area is 188 Å². The van der Waals surface area contributed by atoms with Crippen LogP contribution in [0.5, 0.6) is 0 Å². The summed E-state index contributed by atoms with van der Waals surface area (Å²) in [6.07, 6.45) is 0.844. The average molecular weight is 454 g/mol. The van der Waals surface area contributed by atoms with Crippen LogP contribution in [0.25, 0.3) is 0 Å². The number of esters is 1. The lowest BCUT2D eigenvalue weighted by Gasteiger charge is -2.17. The number of hydrogen-bond acceptors (Lipinski definition) is 7. The molecule has 11 nitrogen and oxygen atoms in total. The van der Waals surface area contributed by atoms with E-state index in [2.05, 4.69) is 10.9 Å². The number of nitrogens with one attached hydrogen (secondary N) is 2. The summed E-state index contributed by atoms with van der Waals surface area (Å²) in [6.45, 7) is 1.51. The first-order valence-corrected chi connectivity index (χ1v) is 10.2. The van der Waals surface area contributed by atoms with Crippen molar-refractivity contribution in [3.8, 4) is 0 Å². The zero-order chi connectivity index (χ0) is 24.0. The first-order chi connectivity index (χ1) is 15.8. The second-order valence-electron chi connectivity index (χ2n) is 7.34. The summed E-state index contributed by atoms with van der Waals surface area (Å²) < 4.78 is 4.97. The van der Waals surface area contributed by atoms with E-state index in [4.69, 9.17) is 4.74 Å². The van der Waals surface area contributed by atoms with Crippen molar-refractivity contribution >= 4 is 35.1 Å². The molecule has 1 unspecified atom stereocenters. The Morgan fingerprint density at radius 1 is 1.15 bits per heavy atom. The fourth-order valence-electron chi connectivity index (χ4n) is 3.28. The Morgan fingerprint density at radius 3 is 2.55 bits per heavy atom. The van der Waals surface area contributed by atoms with Crippen molar-refractivity contribution in [3.05, 3.63) is 69.8 Å².